The minimum absolute atomic E-state index is 0.0623. The van der Waals surface area contributed by atoms with Crippen LogP contribution in [-0.2, 0) is 6.67 Å². The predicted molar refractivity (Wildman–Crippen MR) is 77.4 cm³/mol. The number of hydrogen-bond donors (Lipinski definition) is 1. The molecule has 1 atom stereocenters. The summed E-state index contributed by atoms with van der Waals surface area (Å²) in [6, 6.07) is 7.33. The van der Waals surface area contributed by atoms with Gasteiger partial charge in [0.25, 0.3) is 5.56 Å². The van der Waals surface area contributed by atoms with Crippen LogP contribution in [-0.4, -0.2) is 46.6 Å². The van der Waals surface area contributed by atoms with Gasteiger partial charge in [0.05, 0.1) is 12.1 Å². The fourth-order valence-electron chi connectivity index (χ4n) is 2.80. The first-order valence-electron chi connectivity index (χ1n) is 6.97. The Morgan fingerprint density at radius 1 is 1.40 bits per heavy atom. The zero-order chi connectivity index (χ0) is 13.9. The fraction of sp³-hybridized carbons (Fsp3) is 0.500. The smallest absolute Gasteiger partial charge is 0.278 e. The second kappa shape index (κ2) is 5.68. The summed E-state index contributed by atoms with van der Waals surface area (Å²) in [7, 11) is 1.97. The third-order valence-corrected chi connectivity index (χ3v) is 3.83. The van der Waals surface area contributed by atoms with Crippen molar-refractivity contribution in [3.8, 4) is 0 Å². The Morgan fingerprint density at radius 2 is 2.25 bits per heavy atom. The molecule has 1 aromatic carbocycles. The molecule has 1 aromatic heterocycles. The average molecular weight is 273 g/mol. The second-order valence-electron chi connectivity index (χ2n) is 5.34. The lowest BCUT2D eigenvalue weighted by Gasteiger charge is -2.16. The van der Waals surface area contributed by atoms with Crippen molar-refractivity contribution in [2.45, 2.75) is 13.1 Å². The first-order chi connectivity index (χ1) is 9.78. The number of nitrogens with one attached hydrogen (secondary N) is 1. The molecule has 2 heterocycles. The zero-order valence-electron chi connectivity index (χ0n) is 11.6. The van der Waals surface area contributed by atoms with Crippen LogP contribution in [0.4, 0.5) is 0 Å². The first kappa shape index (κ1) is 13.2. The van der Waals surface area contributed by atoms with Gasteiger partial charge >= 0.3 is 0 Å². The van der Waals surface area contributed by atoms with Crippen molar-refractivity contribution in [2.24, 2.45) is 5.92 Å². The molecular weight excluding hydrogens is 254 g/mol. The summed E-state index contributed by atoms with van der Waals surface area (Å²) >= 11 is 0. The van der Waals surface area contributed by atoms with Crippen LogP contribution in [0, 0.1) is 5.92 Å². The molecule has 0 amide bonds. The summed E-state index contributed by atoms with van der Waals surface area (Å²) in [4.78, 5) is 14.6. The van der Waals surface area contributed by atoms with Crippen LogP contribution in [0.25, 0.3) is 10.9 Å². The summed E-state index contributed by atoms with van der Waals surface area (Å²) < 4.78 is 1.46. The van der Waals surface area contributed by atoms with Gasteiger partial charge in [-0.3, -0.25) is 9.69 Å². The number of aromatic nitrogens is 3. The van der Waals surface area contributed by atoms with Gasteiger partial charge in [0.15, 0.2) is 0 Å². The van der Waals surface area contributed by atoms with Gasteiger partial charge in [-0.05, 0) is 38.1 Å². The van der Waals surface area contributed by atoms with E-state index < -0.39 is 0 Å². The SMILES string of the molecule is CNCC1CCN(Cn2nnc3ccccc3c2=O)C1. The van der Waals surface area contributed by atoms with E-state index in [2.05, 4.69) is 20.5 Å². The van der Waals surface area contributed by atoms with Gasteiger partial charge in [0.1, 0.15) is 5.52 Å². The van der Waals surface area contributed by atoms with E-state index in [4.69, 9.17) is 0 Å². The Labute approximate surface area is 117 Å². The van der Waals surface area contributed by atoms with Gasteiger partial charge < -0.3 is 5.32 Å². The molecule has 1 aliphatic heterocycles. The van der Waals surface area contributed by atoms with Gasteiger partial charge in [-0.15, -0.1) is 5.10 Å². The van der Waals surface area contributed by atoms with E-state index in [1.165, 1.54) is 4.68 Å². The Morgan fingerprint density at radius 3 is 3.10 bits per heavy atom. The molecule has 1 saturated heterocycles. The standard InChI is InChI=1S/C14H19N5O/c1-15-8-11-6-7-18(9-11)10-19-14(20)12-4-2-3-5-13(12)16-17-19/h2-5,11,15H,6-10H2,1H3. The summed E-state index contributed by atoms with van der Waals surface area (Å²) in [6.45, 7) is 3.56. The summed E-state index contributed by atoms with van der Waals surface area (Å²) in [5.41, 5.74) is 0.593. The Hall–Kier alpha value is -1.79. The minimum atomic E-state index is -0.0623. The van der Waals surface area contributed by atoms with Crippen LogP contribution in [0.3, 0.4) is 0 Å². The van der Waals surface area contributed by atoms with Gasteiger partial charge in [0.2, 0.25) is 0 Å². The van der Waals surface area contributed by atoms with Crippen LogP contribution in [0.2, 0.25) is 0 Å². The third-order valence-electron chi connectivity index (χ3n) is 3.83. The lowest BCUT2D eigenvalue weighted by Crippen LogP contribution is -2.34. The number of nitrogens with zero attached hydrogens (tertiary/aromatic N) is 4. The van der Waals surface area contributed by atoms with Crippen molar-refractivity contribution < 1.29 is 0 Å². The Bertz CT molecular complexity index is 653. The van der Waals surface area contributed by atoms with Gasteiger partial charge in [-0.2, -0.15) is 4.68 Å². The lowest BCUT2D eigenvalue weighted by molar-refractivity contribution is 0.236. The van der Waals surface area contributed by atoms with Crippen molar-refractivity contribution >= 4 is 10.9 Å². The maximum absolute atomic E-state index is 12.3. The van der Waals surface area contributed by atoms with Crippen LogP contribution >= 0.6 is 0 Å². The lowest BCUT2D eigenvalue weighted by atomic mass is 10.1. The molecule has 0 radical (unpaired) electrons. The van der Waals surface area contributed by atoms with Gasteiger partial charge in [0, 0.05) is 13.1 Å². The summed E-state index contributed by atoms with van der Waals surface area (Å²) in [5.74, 6) is 0.657. The molecule has 1 aliphatic rings. The molecule has 2 aromatic rings. The molecule has 1 fully saturated rings. The minimum Gasteiger partial charge on any atom is -0.319 e. The fourth-order valence-corrected chi connectivity index (χ4v) is 2.80. The number of hydrogen-bond acceptors (Lipinski definition) is 5. The molecule has 6 nitrogen and oxygen atoms in total. The molecule has 1 N–H and O–H groups in total. The summed E-state index contributed by atoms with van der Waals surface area (Å²) in [5, 5.41) is 12.0. The van der Waals surface area contributed by atoms with Crippen LogP contribution in [0.15, 0.2) is 29.1 Å². The molecule has 3 rings (SSSR count). The highest BCUT2D eigenvalue weighted by atomic mass is 16.1. The topological polar surface area (TPSA) is 63.1 Å². The second-order valence-corrected chi connectivity index (χ2v) is 5.34. The van der Waals surface area contributed by atoms with E-state index in [1.807, 2.05) is 25.2 Å². The van der Waals surface area contributed by atoms with E-state index in [0.717, 1.165) is 26.1 Å². The van der Waals surface area contributed by atoms with Crippen LogP contribution < -0.4 is 10.9 Å². The van der Waals surface area contributed by atoms with E-state index in [-0.39, 0.29) is 5.56 Å². The quantitative estimate of drug-likeness (QED) is 0.867. The Balaban J connectivity index is 1.78. The Kier molecular flexibility index (Phi) is 3.75. The van der Waals surface area contributed by atoms with Crippen LogP contribution in [0.5, 0.6) is 0 Å². The van der Waals surface area contributed by atoms with Crippen molar-refractivity contribution in [3.05, 3.63) is 34.6 Å². The van der Waals surface area contributed by atoms with Crippen molar-refractivity contribution in [2.75, 3.05) is 26.7 Å². The van der Waals surface area contributed by atoms with Crippen LogP contribution in [0.1, 0.15) is 6.42 Å². The van der Waals surface area contributed by atoms with E-state index >= 15 is 0 Å². The molecule has 0 spiro atoms. The normalized spacial score (nSPS) is 19.8. The zero-order valence-corrected chi connectivity index (χ0v) is 11.6. The monoisotopic (exact) mass is 273 g/mol. The summed E-state index contributed by atoms with van der Waals surface area (Å²) in [6.07, 6.45) is 1.16. The van der Waals surface area contributed by atoms with Gasteiger partial charge in [-0.1, -0.05) is 17.3 Å². The number of likely N-dealkylation sites (tertiary alicyclic amines) is 1. The number of benzene rings is 1. The highest BCUT2D eigenvalue weighted by molar-refractivity contribution is 5.76. The molecule has 0 bridgehead atoms. The highest BCUT2D eigenvalue weighted by Gasteiger charge is 2.22. The molecule has 0 saturated carbocycles. The van der Waals surface area contributed by atoms with Crippen molar-refractivity contribution in [3.63, 3.8) is 0 Å². The predicted octanol–water partition coefficient (Wildman–Crippen LogP) is 0.290. The van der Waals surface area contributed by atoms with E-state index in [9.17, 15) is 4.79 Å². The average Bonchev–Trinajstić information content (AvgIpc) is 2.90. The molecule has 106 valence electrons. The van der Waals surface area contributed by atoms with E-state index in [0.29, 0.717) is 23.5 Å². The number of fused-ring (bicyclic) bond motifs is 1. The maximum atomic E-state index is 12.3. The third kappa shape index (κ3) is 2.57. The maximum Gasteiger partial charge on any atom is 0.278 e. The molecule has 6 heteroatoms. The van der Waals surface area contributed by atoms with Crippen molar-refractivity contribution in [1.82, 2.24) is 25.2 Å². The molecule has 1 unspecified atom stereocenters. The first-order valence-corrected chi connectivity index (χ1v) is 6.97. The number of rotatable bonds is 4. The van der Waals surface area contributed by atoms with E-state index in [1.54, 1.807) is 6.07 Å². The highest BCUT2D eigenvalue weighted by Crippen LogP contribution is 2.15. The largest absolute Gasteiger partial charge is 0.319 e. The molecular formula is C14H19N5O. The molecule has 0 aliphatic carbocycles. The van der Waals surface area contributed by atoms with Gasteiger partial charge in [-0.25, -0.2) is 0 Å². The molecule has 20 heavy (non-hydrogen) atoms. The van der Waals surface area contributed by atoms with Crippen molar-refractivity contribution in [1.29, 1.82) is 0 Å².